The number of hydrogen-bond donors (Lipinski definition) is 2. The number of nitrogens with zero attached hydrogens (tertiary/aromatic N) is 2. The van der Waals surface area contributed by atoms with E-state index in [-0.39, 0.29) is 17.5 Å². The van der Waals surface area contributed by atoms with Crippen LogP contribution in [0.2, 0.25) is 0 Å². The third-order valence-electron chi connectivity index (χ3n) is 2.36. The Kier molecular flexibility index (Phi) is 3.52. The van der Waals surface area contributed by atoms with Gasteiger partial charge >= 0.3 is 6.18 Å². The third-order valence-corrected chi connectivity index (χ3v) is 3.42. The van der Waals surface area contributed by atoms with Crippen LogP contribution < -0.4 is 11.5 Å². The Morgan fingerprint density at radius 3 is 2.42 bits per heavy atom. The average Bonchev–Trinajstić information content (AvgIpc) is 2.33. The van der Waals surface area contributed by atoms with Crippen molar-refractivity contribution in [3.05, 3.63) is 33.4 Å². The van der Waals surface area contributed by atoms with Crippen LogP contribution in [-0.4, -0.2) is 9.97 Å². The van der Waals surface area contributed by atoms with E-state index < -0.39 is 11.7 Å². The van der Waals surface area contributed by atoms with Crippen molar-refractivity contribution in [2.75, 3.05) is 11.5 Å². The van der Waals surface area contributed by atoms with E-state index in [0.29, 0.717) is 9.13 Å². The first kappa shape index (κ1) is 13.8. The second-order valence-corrected chi connectivity index (χ2v) is 4.79. The van der Waals surface area contributed by atoms with Crippen LogP contribution in [0.1, 0.15) is 5.56 Å². The molecule has 1 aromatic heterocycles. The highest BCUT2D eigenvalue weighted by molar-refractivity contribution is 14.1. The van der Waals surface area contributed by atoms with Crippen LogP contribution in [0, 0.1) is 3.57 Å². The minimum atomic E-state index is -4.41. The lowest BCUT2D eigenvalue weighted by atomic mass is 10.1. The molecule has 0 spiro atoms. The molecule has 1 heterocycles. The van der Waals surface area contributed by atoms with Crippen LogP contribution >= 0.6 is 22.6 Å². The summed E-state index contributed by atoms with van der Waals surface area (Å²) >= 11 is 1.87. The van der Waals surface area contributed by atoms with Gasteiger partial charge in [-0.1, -0.05) is 12.1 Å². The van der Waals surface area contributed by atoms with E-state index >= 15 is 0 Å². The fourth-order valence-corrected chi connectivity index (χ4v) is 2.07. The van der Waals surface area contributed by atoms with E-state index in [0.717, 1.165) is 12.1 Å². The lowest BCUT2D eigenvalue weighted by molar-refractivity contribution is -0.137. The van der Waals surface area contributed by atoms with Gasteiger partial charge in [0.1, 0.15) is 5.82 Å². The maximum atomic E-state index is 12.7. The predicted molar refractivity (Wildman–Crippen MR) is 74.0 cm³/mol. The lowest BCUT2D eigenvalue weighted by Crippen LogP contribution is -2.07. The van der Waals surface area contributed by atoms with Gasteiger partial charge in [-0.2, -0.15) is 18.2 Å². The Morgan fingerprint density at radius 2 is 1.79 bits per heavy atom. The van der Waals surface area contributed by atoms with Crippen molar-refractivity contribution in [2.24, 2.45) is 0 Å². The van der Waals surface area contributed by atoms with E-state index in [4.69, 9.17) is 11.5 Å². The van der Waals surface area contributed by atoms with Crippen molar-refractivity contribution in [3.63, 3.8) is 0 Å². The molecule has 0 aliphatic carbocycles. The van der Waals surface area contributed by atoms with Gasteiger partial charge in [0, 0.05) is 5.56 Å². The highest BCUT2D eigenvalue weighted by Gasteiger charge is 2.30. The Labute approximate surface area is 120 Å². The third kappa shape index (κ3) is 2.88. The molecule has 0 saturated heterocycles. The van der Waals surface area contributed by atoms with Crippen LogP contribution in [0.5, 0.6) is 0 Å². The average molecular weight is 380 g/mol. The van der Waals surface area contributed by atoms with Gasteiger partial charge in [-0.05, 0) is 34.7 Å². The number of anilines is 2. The normalized spacial score (nSPS) is 11.6. The van der Waals surface area contributed by atoms with Gasteiger partial charge in [-0.15, -0.1) is 0 Å². The van der Waals surface area contributed by atoms with Crippen LogP contribution in [-0.2, 0) is 6.18 Å². The van der Waals surface area contributed by atoms with E-state index in [1.807, 2.05) is 22.6 Å². The quantitative estimate of drug-likeness (QED) is 0.746. The van der Waals surface area contributed by atoms with Gasteiger partial charge in [0.2, 0.25) is 5.95 Å². The predicted octanol–water partition coefficient (Wildman–Crippen LogP) is 2.93. The molecule has 0 fully saturated rings. The van der Waals surface area contributed by atoms with Gasteiger partial charge < -0.3 is 11.5 Å². The second-order valence-electron chi connectivity index (χ2n) is 3.71. The minimum Gasteiger partial charge on any atom is -0.383 e. The Morgan fingerprint density at radius 1 is 1.11 bits per heavy atom. The standard InChI is InChI=1S/C11H8F3IN4/c12-11(13,14)6-3-1-2-5(4-6)8-7(15)9(16)19-10(17)18-8/h1-4H,(H4,16,17,18,19). The van der Waals surface area contributed by atoms with Crippen LogP contribution in [0.3, 0.4) is 0 Å². The van der Waals surface area contributed by atoms with Crippen molar-refractivity contribution in [1.82, 2.24) is 9.97 Å². The maximum Gasteiger partial charge on any atom is 0.416 e. The van der Waals surface area contributed by atoms with Crippen molar-refractivity contribution in [2.45, 2.75) is 6.18 Å². The minimum absolute atomic E-state index is 0.0784. The Balaban J connectivity index is 2.60. The first-order valence-electron chi connectivity index (χ1n) is 5.05. The number of hydrogen-bond acceptors (Lipinski definition) is 4. The Bertz CT molecular complexity index is 628. The number of aromatic nitrogens is 2. The molecule has 1 aromatic carbocycles. The zero-order chi connectivity index (χ0) is 14.2. The molecule has 8 heteroatoms. The molecule has 0 radical (unpaired) electrons. The first-order valence-corrected chi connectivity index (χ1v) is 6.13. The number of nitrogen functional groups attached to an aromatic ring is 2. The van der Waals surface area contributed by atoms with E-state index in [9.17, 15) is 13.2 Å². The highest BCUT2D eigenvalue weighted by atomic mass is 127. The van der Waals surface area contributed by atoms with Crippen LogP contribution in [0.25, 0.3) is 11.3 Å². The number of alkyl halides is 3. The Hall–Kier alpha value is -1.58. The number of halogens is 4. The summed E-state index contributed by atoms with van der Waals surface area (Å²) in [6.07, 6.45) is -4.41. The summed E-state index contributed by atoms with van der Waals surface area (Å²) in [5.41, 5.74) is 10.9. The molecular weight excluding hydrogens is 372 g/mol. The van der Waals surface area contributed by atoms with E-state index in [1.165, 1.54) is 12.1 Å². The SMILES string of the molecule is Nc1nc(N)c(I)c(-c2cccc(C(F)(F)F)c2)n1. The lowest BCUT2D eigenvalue weighted by Gasteiger charge is -2.10. The summed E-state index contributed by atoms with van der Waals surface area (Å²) in [6, 6.07) is 4.81. The molecule has 0 aliphatic heterocycles. The molecule has 100 valence electrons. The zero-order valence-electron chi connectivity index (χ0n) is 9.37. The van der Waals surface area contributed by atoms with Crippen molar-refractivity contribution in [1.29, 1.82) is 0 Å². The molecule has 19 heavy (non-hydrogen) atoms. The molecule has 0 bridgehead atoms. The number of benzene rings is 1. The van der Waals surface area contributed by atoms with E-state index in [2.05, 4.69) is 9.97 Å². The van der Waals surface area contributed by atoms with Crippen molar-refractivity contribution < 1.29 is 13.2 Å². The molecule has 0 amide bonds. The fourth-order valence-electron chi connectivity index (χ4n) is 1.52. The topological polar surface area (TPSA) is 77.8 Å². The first-order chi connectivity index (χ1) is 8.79. The molecule has 0 atom stereocenters. The van der Waals surface area contributed by atoms with Gasteiger partial charge in [-0.3, -0.25) is 0 Å². The number of nitrogens with two attached hydrogens (primary N) is 2. The molecule has 0 saturated carbocycles. The summed E-state index contributed by atoms with van der Waals surface area (Å²) in [4.78, 5) is 7.68. The maximum absolute atomic E-state index is 12.7. The molecule has 2 rings (SSSR count). The molecule has 2 aromatic rings. The smallest absolute Gasteiger partial charge is 0.383 e. The van der Waals surface area contributed by atoms with Gasteiger partial charge in [-0.25, -0.2) is 4.98 Å². The monoisotopic (exact) mass is 380 g/mol. The van der Waals surface area contributed by atoms with Crippen molar-refractivity contribution in [3.8, 4) is 11.3 Å². The van der Waals surface area contributed by atoms with E-state index in [1.54, 1.807) is 0 Å². The largest absolute Gasteiger partial charge is 0.416 e. The summed E-state index contributed by atoms with van der Waals surface area (Å²) < 4.78 is 38.4. The van der Waals surface area contributed by atoms with Crippen LogP contribution in [0.4, 0.5) is 24.9 Å². The second kappa shape index (κ2) is 4.83. The summed E-state index contributed by atoms with van der Waals surface area (Å²) in [7, 11) is 0. The molecule has 0 unspecified atom stereocenters. The summed E-state index contributed by atoms with van der Waals surface area (Å²) in [6.45, 7) is 0. The molecule has 4 nitrogen and oxygen atoms in total. The highest BCUT2D eigenvalue weighted by Crippen LogP contribution is 2.33. The zero-order valence-corrected chi connectivity index (χ0v) is 11.5. The van der Waals surface area contributed by atoms with Gasteiger partial charge in [0.25, 0.3) is 0 Å². The molecular formula is C11H8F3IN4. The van der Waals surface area contributed by atoms with Crippen LogP contribution in [0.15, 0.2) is 24.3 Å². The van der Waals surface area contributed by atoms with Gasteiger partial charge in [0.15, 0.2) is 0 Å². The van der Waals surface area contributed by atoms with Crippen molar-refractivity contribution >= 4 is 34.4 Å². The summed E-state index contributed by atoms with van der Waals surface area (Å²) in [5.74, 6) is 0.0610. The summed E-state index contributed by atoms with van der Waals surface area (Å²) in [5, 5.41) is 0. The fraction of sp³-hybridized carbons (Fsp3) is 0.0909. The number of rotatable bonds is 1. The van der Waals surface area contributed by atoms with Gasteiger partial charge in [0.05, 0.1) is 14.8 Å². The molecule has 4 N–H and O–H groups in total. The molecule has 0 aliphatic rings.